The summed E-state index contributed by atoms with van der Waals surface area (Å²) in [5, 5.41) is 6.55. The van der Waals surface area contributed by atoms with Crippen LogP contribution in [0.15, 0.2) is 10.3 Å². The van der Waals surface area contributed by atoms with E-state index >= 15 is 0 Å². The van der Waals surface area contributed by atoms with Crippen LogP contribution in [0.2, 0.25) is 0 Å². The first-order valence-corrected chi connectivity index (χ1v) is 7.14. The topological polar surface area (TPSA) is 86.5 Å². The molecule has 0 unspecified atom stereocenters. The first-order valence-electron chi connectivity index (χ1n) is 4.72. The number of esters is 1. The van der Waals surface area contributed by atoms with Crippen LogP contribution in [0.25, 0.3) is 0 Å². The van der Waals surface area contributed by atoms with Gasteiger partial charge in [-0.25, -0.2) is 18.4 Å². The van der Waals surface area contributed by atoms with Crippen molar-refractivity contribution in [2.75, 3.05) is 6.61 Å². The second-order valence-corrected chi connectivity index (χ2v) is 5.48. The lowest BCUT2D eigenvalue weighted by molar-refractivity contribution is 0.0522. The highest BCUT2D eigenvalue weighted by molar-refractivity contribution is 7.89. The van der Waals surface area contributed by atoms with E-state index in [1.807, 2.05) is 0 Å². The molecule has 16 heavy (non-hydrogen) atoms. The summed E-state index contributed by atoms with van der Waals surface area (Å²) < 4.78 is 27.5. The van der Waals surface area contributed by atoms with Crippen molar-refractivity contribution in [3.63, 3.8) is 0 Å². The molecule has 0 saturated heterocycles. The van der Waals surface area contributed by atoms with Gasteiger partial charge in [-0.1, -0.05) is 6.92 Å². The molecule has 0 fully saturated rings. The van der Waals surface area contributed by atoms with Gasteiger partial charge >= 0.3 is 5.97 Å². The molecule has 0 aliphatic carbocycles. The summed E-state index contributed by atoms with van der Waals surface area (Å²) in [7, 11) is -3.89. The number of carbonyl (C=O) groups is 1. The highest BCUT2D eigenvalue weighted by Gasteiger charge is 2.25. The molecule has 1 aromatic heterocycles. The molecule has 90 valence electrons. The Morgan fingerprint density at radius 2 is 2.12 bits per heavy atom. The lowest BCUT2D eigenvalue weighted by Crippen LogP contribution is -2.17. The summed E-state index contributed by atoms with van der Waals surface area (Å²) in [4.78, 5) is 12.0. The second-order valence-electron chi connectivity index (χ2n) is 3.02. The van der Waals surface area contributed by atoms with E-state index in [4.69, 9.17) is 9.88 Å². The first kappa shape index (κ1) is 13.1. The molecular formula is C9H13NO4S2. The third kappa shape index (κ3) is 2.60. The van der Waals surface area contributed by atoms with Crippen LogP contribution in [0.1, 0.15) is 29.1 Å². The van der Waals surface area contributed by atoms with E-state index in [0.717, 1.165) is 0 Å². The van der Waals surface area contributed by atoms with Gasteiger partial charge in [0.25, 0.3) is 0 Å². The number of ether oxygens (including phenoxy) is 1. The van der Waals surface area contributed by atoms with E-state index in [1.54, 1.807) is 13.8 Å². The molecule has 0 bridgehead atoms. The van der Waals surface area contributed by atoms with E-state index in [0.29, 0.717) is 11.3 Å². The molecule has 1 rings (SSSR count). The average molecular weight is 263 g/mol. The standard InChI is InChI=1S/C9H13NO4S2/c1-3-7-8(16(10,12)13)6(5-15-7)9(11)14-4-2/h5H,3-4H2,1-2H3,(H2,10,12,13). The van der Waals surface area contributed by atoms with Gasteiger partial charge in [0.1, 0.15) is 4.90 Å². The maximum absolute atomic E-state index is 11.5. The van der Waals surface area contributed by atoms with Crippen molar-refractivity contribution in [3.8, 4) is 0 Å². The van der Waals surface area contributed by atoms with Crippen molar-refractivity contribution in [2.45, 2.75) is 25.2 Å². The molecule has 0 atom stereocenters. The van der Waals surface area contributed by atoms with Gasteiger partial charge in [-0.2, -0.15) is 0 Å². The van der Waals surface area contributed by atoms with E-state index < -0.39 is 16.0 Å². The quantitative estimate of drug-likeness (QED) is 0.825. The average Bonchev–Trinajstić information content (AvgIpc) is 2.60. The Morgan fingerprint density at radius 3 is 2.56 bits per heavy atom. The minimum absolute atomic E-state index is 0.0335. The number of hydrogen-bond donors (Lipinski definition) is 1. The zero-order valence-electron chi connectivity index (χ0n) is 9.02. The minimum Gasteiger partial charge on any atom is -0.462 e. The van der Waals surface area contributed by atoms with E-state index in [9.17, 15) is 13.2 Å². The molecule has 0 aliphatic heterocycles. The fourth-order valence-electron chi connectivity index (χ4n) is 1.29. The van der Waals surface area contributed by atoms with Crippen molar-refractivity contribution in [1.82, 2.24) is 0 Å². The van der Waals surface area contributed by atoms with Crippen LogP contribution < -0.4 is 5.14 Å². The lowest BCUT2D eigenvalue weighted by Gasteiger charge is -2.03. The number of carbonyl (C=O) groups excluding carboxylic acids is 1. The third-order valence-corrected chi connectivity index (χ3v) is 4.21. The van der Waals surface area contributed by atoms with Gasteiger partial charge in [-0.15, -0.1) is 11.3 Å². The summed E-state index contributed by atoms with van der Waals surface area (Å²) in [5.74, 6) is -0.650. The fraction of sp³-hybridized carbons (Fsp3) is 0.444. The van der Waals surface area contributed by atoms with Crippen molar-refractivity contribution >= 4 is 27.3 Å². The zero-order chi connectivity index (χ0) is 12.3. The van der Waals surface area contributed by atoms with Crippen LogP contribution >= 0.6 is 11.3 Å². The van der Waals surface area contributed by atoms with Gasteiger partial charge < -0.3 is 4.74 Å². The summed E-state index contributed by atoms with van der Waals surface area (Å²) in [5.41, 5.74) is 0.0335. The Kier molecular flexibility index (Phi) is 4.06. The molecule has 2 N–H and O–H groups in total. The number of nitrogens with two attached hydrogens (primary N) is 1. The number of hydrogen-bond acceptors (Lipinski definition) is 5. The van der Waals surface area contributed by atoms with Crippen LogP contribution in [0.3, 0.4) is 0 Å². The van der Waals surface area contributed by atoms with Crippen molar-refractivity contribution in [1.29, 1.82) is 0 Å². The van der Waals surface area contributed by atoms with Gasteiger partial charge in [0.15, 0.2) is 0 Å². The Hall–Kier alpha value is -0.920. The monoisotopic (exact) mass is 263 g/mol. The molecule has 0 amide bonds. The van der Waals surface area contributed by atoms with E-state index in [-0.39, 0.29) is 17.1 Å². The Labute approximate surface area is 98.3 Å². The second kappa shape index (κ2) is 4.94. The zero-order valence-corrected chi connectivity index (χ0v) is 10.7. The van der Waals surface area contributed by atoms with E-state index in [2.05, 4.69) is 0 Å². The Bertz CT molecular complexity index is 490. The minimum atomic E-state index is -3.89. The van der Waals surface area contributed by atoms with E-state index in [1.165, 1.54) is 16.7 Å². The Morgan fingerprint density at radius 1 is 1.50 bits per heavy atom. The summed E-state index contributed by atoms with van der Waals surface area (Å²) in [6.07, 6.45) is 0.510. The van der Waals surface area contributed by atoms with Gasteiger partial charge in [0.05, 0.1) is 12.2 Å². The first-order chi connectivity index (χ1) is 7.41. The van der Waals surface area contributed by atoms with Gasteiger partial charge in [-0.3, -0.25) is 0 Å². The molecule has 1 aromatic rings. The van der Waals surface area contributed by atoms with Crippen molar-refractivity contribution < 1.29 is 17.9 Å². The summed E-state index contributed by atoms with van der Waals surface area (Å²) in [6, 6.07) is 0. The predicted octanol–water partition coefficient (Wildman–Crippen LogP) is 1.13. The molecule has 0 spiro atoms. The normalized spacial score (nSPS) is 11.4. The van der Waals surface area contributed by atoms with Crippen LogP contribution in [0.4, 0.5) is 0 Å². The van der Waals surface area contributed by atoms with Gasteiger partial charge in [0.2, 0.25) is 10.0 Å². The largest absolute Gasteiger partial charge is 0.462 e. The number of aryl methyl sites for hydroxylation is 1. The molecule has 0 radical (unpaired) electrons. The van der Waals surface area contributed by atoms with Crippen molar-refractivity contribution in [2.24, 2.45) is 5.14 Å². The SMILES string of the molecule is CCOC(=O)c1csc(CC)c1S(N)(=O)=O. The predicted molar refractivity (Wildman–Crippen MR) is 61.0 cm³/mol. The molecule has 7 heteroatoms. The van der Waals surface area contributed by atoms with Crippen molar-refractivity contribution in [3.05, 3.63) is 15.8 Å². The maximum Gasteiger partial charge on any atom is 0.340 e. The summed E-state index contributed by atoms with van der Waals surface area (Å²) in [6.45, 7) is 3.65. The highest BCUT2D eigenvalue weighted by atomic mass is 32.2. The third-order valence-electron chi connectivity index (χ3n) is 1.92. The van der Waals surface area contributed by atoms with Crippen LogP contribution in [0.5, 0.6) is 0 Å². The molecule has 0 saturated carbocycles. The Balaban J connectivity index is 3.31. The molecule has 0 aromatic carbocycles. The smallest absolute Gasteiger partial charge is 0.340 e. The molecule has 0 aliphatic rings. The van der Waals surface area contributed by atoms with Crippen LogP contribution in [-0.4, -0.2) is 21.0 Å². The molecule has 5 nitrogen and oxygen atoms in total. The molecule has 1 heterocycles. The van der Waals surface area contributed by atoms with Crippen LogP contribution in [-0.2, 0) is 21.2 Å². The number of primary sulfonamides is 1. The summed E-state index contributed by atoms with van der Waals surface area (Å²) >= 11 is 1.20. The number of thiophene rings is 1. The number of sulfonamides is 1. The molecular weight excluding hydrogens is 250 g/mol. The highest BCUT2D eigenvalue weighted by Crippen LogP contribution is 2.27. The van der Waals surface area contributed by atoms with Gasteiger partial charge in [0, 0.05) is 10.3 Å². The maximum atomic E-state index is 11.5. The fourth-order valence-corrected chi connectivity index (χ4v) is 3.63. The van der Waals surface area contributed by atoms with Gasteiger partial charge in [-0.05, 0) is 13.3 Å². The van der Waals surface area contributed by atoms with Crippen LogP contribution in [0, 0.1) is 0 Å². The lowest BCUT2D eigenvalue weighted by atomic mass is 10.3. The number of rotatable bonds is 4.